The van der Waals surface area contributed by atoms with Gasteiger partial charge in [0, 0.05) is 27.8 Å². The summed E-state index contributed by atoms with van der Waals surface area (Å²) in [6.07, 6.45) is 1.59. The summed E-state index contributed by atoms with van der Waals surface area (Å²) in [4.78, 5) is 10.2. The first-order valence-corrected chi connectivity index (χ1v) is 5.65. The highest BCUT2D eigenvalue weighted by atomic mass is 35.5. The van der Waals surface area contributed by atoms with Gasteiger partial charge in [-0.3, -0.25) is 4.21 Å². The van der Waals surface area contributed by atoms with Gasteiger partial charge >= 0.3 is 0 Å². The SMILES string of the molecule is CS(=O)Cc1cc(Cl)cc(N=O)c1. The van der Waals surface area contributed by atoms with Gasteiger partial charge in [0.1, 0.15) is 5.69 Å². The van der Waals surface area contributed by atoms with E-state index in [0.717, 1.165) is 5.56 Å². The number of nitroso groups, excluding NO2 is 1. The van der Waals surface area contributed by atoms with Crippen LogP contribution in [0.4, 0.5) is 5.69 Å². The number of hydrogen-bond acceptors (Lipinski definition) is 3. The van der Waals surface area contributed by atoms with Crippen molar-refractivity contribution in [2.75, 3.05) is 6.26 Å². The van der Waals surface area contributed by atoms with Crippen LogP contribution in [0.3, 0.4) is 0 Å². The Morgan fingerprint density at radius 2 is 2.15 bits per heavy atom. The molecular formula is C8H8ClNO2S. The van der Waals surface area contributed by atoms with E-state index in [0.29, 0.717) is 10.8 Å². The van der Waals surface area contributed by atoms with Gasteiger partial charge in [-0.2, -0.15) is 0 Å². The van der Waals surface area contributed by atoms with Gasteiger partial charge in [0.05, 0.1) is 0 Å². The van der Waals surface area contributed by atoms with Crippen molar-refractivity contribution in [1.82, 2.24) is 0 Å². The summed E-state index contributed by atoms with van der Waals surface area (Å²) in [5.74, 6) is 0.392. The molecule has 0 aliphatic rings. The first-order valence-electron chi connectivity index (χ1n) is 3.54. The molecule has 0 fully saturated rings. The molecule has 0 N–H and O–H groups in total. The molecule has 0 saturated carbocycles. The van der Waals surface area contributed by atoms with Crippen LogP contribution in [-0.2, 0) is 16.6 Å². The molecule has 0 aromatic heterocycles. The molecular weight excluding hydrogens is 210 g/mol. The third-order valence-electron chi connectivity index (χ3n) is 1.42. The highest BCUT2D eigenvalue weighted by molar-refractivity contribution is 7.83. The van der Waals surface area contributed by atoms with E-state index in [4.69, 9.17) is 11.6 Å². The molecule has 0 bridgehead atoms. The third-order valence-corrected chi connectivity index (χ3v) is 2.38. The van der Waals surface area contributed by atoms with Crippen LogP contribution in [0.1, 0.15) is 5.56 Å². The molecule has 0 heterocycles. The molecule has 1 atom stereocenters. The molecule has 1 aromatic carbocycles. The normalized spacial score (nSPS) is 12.5. The van der Waals surface area contributed by atoms with Gasteiger partial charge in [-0.1, -0.05) is 11.6 Å². The quantitative estimate of drug-likeness (QED) is 0.731. The Balaban J connectivity index is 3.01. The second-order valence-corrected chi connectivity index (χ2v) is 4.50. The molecule has 70 valence electrons. The first kappa shape index (κ1) is 10.3. The average Bonchev–Trinajstić information content (AvgIpc) is 2.01. The minimum atomic E-state index is -0.937. The fraction of sp³-hybridized carbons (Fsp3) is 0.250. The second-order valence-electron chi connectivity index (χ2n) is 2.63. The molecule has 0 spiro atoms. The Morgan fingerprint density at radius 3 is 2.69 bits per heavy atom. The van der Waals surface area contributed by atoms with Gasteiger partial charge in [-0.25, -0.2) is 0 Å². The van der Waals surface area contributed by atoms with E-state index in [1.54, 1.807) is 18.4 Å². The van der Waals surface area contributed by atoms with Crippen LogP contribution in [0.2, 0.25) is 5.02 Å². The molecule has 3 nitrogen and oxygen atoms in total. The summed E-state index contributed by atoms with van der Waals surface area (Å²) in [7, 11) is -0.937. The smallest absolute Gasteiger partial charge is 0.109 e. The molecule has 0 saturated heterocycles. The van der Waals surface area contributed by atoms with Crippen molar-refractivity contribution >= 4 is 28.1 Å². The van der Waals surface area contributed by atoms with Gasteiger partial charge in [0.2, 0.25) is 0 Å². The summed E-state index contributed by atoms with van der Waals surface area (Å²) >= 11 is 5.71. The molecule has 1 unspecified atom stereocenters. The maximum absolute atomic E-state index is 10.9. The lowest BCUT2D eigenvalue weighted by molar-refractivity contribution is 0.686. The van der Waals surface area contributed by atoms with Crippen LogP contribution < -0.4 is 0 Å². The summed E-state index contributed by atoms with van der Waals surface area (Å²) in [6.45, 7) is 0. The van der Waals surface area contributed by atoms with E-state index >= 15 is 0 Å². The lowest BCUT2D eigenvalue weighted by Gasteiger charge is -1.99. The zero-order valence-corrected chi connectivity index (χ0v) is 8.56. The average molecular weight is 218 g/mol. The van der Waals surface area contributed by atoms with Crippen molar-refractivity contribution in [3.05, 3.63) is 33.7 Å². The van der Waals surface area contributed by atoms with Crippen molar-refractivity contribution in [3.8, 4) is 0 Å². The lowest BCUT2D eigenvalue weighted by Crippen LogP contribution is -1.91. The largest absolute Gasteiger partial charge is 0.260 e. The van der Waals surface area contributed by atoms with Crippen LogP contribution >= 0.6 is 11.6 Å². The summed E-state index contributed by atoms with van der Waals surface area (Å²) in [6, 6.07) is 4.73. The van der Waals surface area contributed by atoms with Crippen molar-refractivity contribution in [2.24, 2.45) is 5.18 Å². The van der Waals surface area contributed by atoms with E-state index in [2.05, 4.69) is 5.18 Å². The Hall–Kier alpha value is -0.740. The second kappa shape index (κ2) is 4.48. The van der Waals surface area contributed by atoms with Crippen LogP contribution in [0.25, 0.3) is 0 Å². The van der Waals surface area contributed by atoms with Gasteiger partial charge in [0.15, 0.2) is 0 Å². The lowest BCUT2D eigenvalue weighted by atomic mass is 10.2. The predicted molar refractivity (Wildman–Crippen MR) is 54.7 cm³/mol. The van der Waals surface area contributed by atoms with E-state index in [-0.39, 0.29) is 5.69 Å². The van der Waals surface area contributed by atoms with E-state index < -0.39 is 10.8 Å². The number of rotatable bonds is 3. The highest BCUT2D eigenvalue weighted by Gasteiger charge is 2.01. The number of halogens is 1. The Morgan fingerprint density at radius 1 is 1.46 bits per heavy atom. The van der Waals surface area contributed by atoms with Gasteiger partial charge in [-0.05, 0) is 28.9 Å². The molecule has 0 radical (unpaired) electrons. The summed E-state index contributed by atoms with van der Waals surface area (Å²) < 4.78 is 10.9. The highest BCUT2D eigenvalue weighted by Crippen LogP contribution is 2.21. The zero-order chi connectivity index (χ0) is 9.84. The number of benzene rings is 1. The van der Waals surface area contributed by atoms with Crippen LogP contribution in [0.5, 0.6) is 0 Å². The topological polar surface area (TPSA) is 46.5 Å². The van der Waals surface area contributed by atoms with Gasteiger partial charge in [0.25, 0.3) is 0 Å². The van der Waals surface area contributed by atoms with Crippen molar-refractivity contribution in [3.63, 3.8) is 0 Å². The summed E-state index contributed by atoms with van der Waals surface area (Å²) in [5, 5.41) is 3.21. The maximum atomic E-state index is 10.9. The van der Waals surface area contributed by atoms with Crippen LogP contribution in [0, 0.1) is 4.91 Å². The molecule has 5 heteroatoms. The van der Waals surface area contributed by atoms with Crippen molar-refractivity contribution in [1.29, 1.82) is 0 Å². The van der Waals surface area contributed by atoms with Gasteiger partial charge in [-0.15, -0.1) is 4.91 Å². The minimum Gasteiger partial charge on any atom is -0.260 e. The van der Waals surface area contributed by atoms with E-state index in [1.165, 1.54) is 6.07 Å². The molecule has 1 aromatic rings. The fourth-order valence-electron chi connectivity index (χ4n) is 1.00. The molecule has 0 amide bonds. The maximum Gasteiger partial charge on any atom is 0.109 e. The minimum absolute atomic E-state index is 0.271. The number of hydrogen-bond donors (Lipinski definition) is 0. The first-order chi connectivity index (χ1) is 6.11. The van der Waals surface area contributed by atoms with E-state index in [1.807, 2.05) is 0 Å². The van der Waals surface area contributed by atoms with Gasteiger partial charge < -0.3 is 0 Å². The molecule has 13 heavy (non-hydrogen) atoms. The predicted octanol–water partition coefficient (Wildman–Crippen LogP) is 2.62. The van der Waals surface area contributed by atoms with Crippen molar-refractivity contribution < 1.29 is 4.21 Å². The Bertz CT molecular complexity index is 354. The third kappa shape index (κ3) is 3.24. The molecule has 1 rings (SSSR count). The van der Waals surface area contributed by atoms with Crippen LogP contribution in [-0.4, -0.2) is 10.5 Å². The fourth-order valence-corrected chi connectivity index (χ4v) is 1.89. The zero-order valence-electron chi connectivity index (χ0n) is 6.99. The molecule has 0 aliphatic carbocycles. The van der Waals surface area contributed by atoms with Crippen molar-refractivity contribution in [2.45, 2.75) is 5.75 Å². The Kier molecular flexibility index (Phi) is 3.57. The molecule has 0 aliphatic heterocycles. The monoisotopic (exact) mass is 217 g/mol. The summed E-state index contributed by atoms with van der Waals surface area (Å²) in [5.41, 5.74) is 1.04. The van der Waals surface area contributed by atoms with E-state index in [9.17, 15) is 9.12 Å². The Labute approximate surface area is 83.5 Å². The van der Waals surface area contributed by atoms with Crippen LogP contribution in [0.15, 0.2) is 23.4 Å². The number of nitrogens with zero attached hydrogens (tertiary/aromatic N) is 1. The standard InChI is InChI=1S/C8H8ClNO2S/c1-13(12)5-6-2-7(9)4-8(3-6)10-11/h2-4H,5H2,1H3.